The van der Waals surface area contributed by atoms with E-state index in [1.165, 1.54) is 6.07 Å². The molecule has 0 saturated heterocycles. The molecule has 2 heterocycles. The summed E-state index contributed by atoms with van der Waals surface area (Å²) in [6.45, 7) is -0.125. The molecule has 1 aliphatic heterocycles. The quantitative estimate of drug-likeness (QED) is 0.346. The van der Waals surface area contributed by atoms with Crippen LogP contribution in [0.3, 0.4) is 0 Å². The Bertz CT molecular complexity index is 1040. The van der Waals surface area contributed by atoms with Gasteiger partial charge in [-0.2, -0.15) is 17.9 Å². The number of hydroxylamine groups is 1. The minimum absolute atomic E-state index is 0.125. The van der Waals surface area contributed by atoms with Crippen LogP contribution < -0.4 is 0 Å². The van der Waals surface area contributed by atoms with E-state index in [0.29, 0.717) is 33.0 Å². The van der Waals surface area contributed by atoms with E-state index < -0.39 is 11.7 Å². The molecule has 9 heteroatoms. The van der Waals surface area contributed by atoms with Crippen molar-refractivity contribution in [3.05, 3.63) is 82.1 Å². The molecule has 0 fully saturated rings. The molecule has 5 nitrogen and oxygen atoms in total. The average molecular weight is 437 g/mol. The van der Waals surface area contributed by atoms with E-state index in [-0.39, 0.29) is 17.8 Å². The average Bonchev–Trinajstić information content (AvgIpc) is 2.99. The van der Waals surface area contributed by atoms with Crippen molar-refractivity contribution in [2.75, 3.05) is 0 Å². The van der Waals surface area contributed by atoms with Gasteiger partial charge in [0.15, 0.2) is 0 Å². The lowest BCUT2D eigenvalue weighted by Gasteiger charge is -2.14. The fourth-order valence-electron chi connectivity index (χ4n) is 3.16. The van der Waals surface area contributed by atoms with E-state index in [4.69, 9.17) is 0 Å². The number of fused-ring (bicyclic) bond motifs is 3. The summed E-state index contributed by atoms with van der Waals surface area (Å²) in [5.41, 5.74) is 0.510. The lowest BCUT2D eigenvalue weighted by atomic mass is 9.98. The molecule has 0 atom stereocenters. The zero-order valence-electron chi connectivity index (χ0n) is 13.7. The molecule has 1 aliphatic rings. The van der Waals surface area contributed by atoms with Gasteiger partial charge in [-0.1, -0.05) is 34.1 Å². The van der Waals surface area contributed by atoms with Crippen molar-refractivity contribution < 1.29 is 17.9 Å². The van der Waals surface area contributed by atoms with Gasteiger partial charge in [-0.3, -0.25) is 4.57 Å². The van der Waals surface area contributed by atoms with Gasteiger partial charge >= 0.3 is 6.18 Å². The van der Waals surface area contributed by atoms with Crippen molar-refractivity contribution in [2.45, 2.75) is 18.1 Å². The van der Waals surface area contributed by atoms with Gasteiger partial charge in [0.1, 0.15) is 5.82 Å². The largest absolute Gasteiger partial charge is 0.623 e. The normalized spacial score (nSPS) is 13.9. The number of rotatable bonds is 2. The third-order valence-corrected chi connectivity index (χ3v) is 4.82. The van der Waals surface area contributed by atoms with Crippen molar-refractivity contribution in [1.29, 1.82) is 0 Å². The van der Waals surface area contributed by atoms with E-state index in [9.17, 15) is 18.4 Å². The number of benzene rings is 2. The number of aromatic nitrogens is 3. The van der Waals surface area contributed by atoms with Crippen LogP contribution in [0, 0.1) is 5.21 Å². The van der Waals surface area contributed by atoms with Gasteiger partial charge in [-0.15, -0.1) is 10.2 Å². The molecule has 1 aromatic heterocycles. The monoisotopic (exact) mass is 436 g/mol. The molecule has 0 amide bonds. The van der Waals surface area contributed by atoms with Gasteiger partial charge in [-0.05, 0) is 30.3 Å². The first kappa shape index (κ1) is 17.7. The minimum Gasteiger partial charge on any atom is -0.623 e. The molecule has 3 aromatic rings. The summed E-state index contributed by atoms with van der Waals surface area (Å²) in [7, 11) is 0. The van der Waals surface area contributed by atoms with Gasteiger partial charge in [0.25, 0.3) is 0 Å². The molecule has 2 aromatic carbocycles. The first-order chi connectivity index (χ1) is 12.9. The van der Waals surface area contributed by atoms with E-state index in [0.717, 1.165) is 12.1 Å². The third kappa shape index (κ3) is 3.01. The number of nitrogens with zero attached hydrogens (tertiary/aromatic N) is 4. The van der Waals surface area contributed by atoms with E-state index >= 15 is 0 Å². The number of halogens is 4. The van der Waals surface area contributed by atoms with Gasteiger partial charge in [-0.25, -0.2) is 0 Å². The summed E-state index contributed by atoms with van der Waals surface area (Å²) in [6.07, 6.45) is -4.52. The molecule has 0 unspecified atom stereocenters. The molecule has 0 radical (unpaired) electrons. The van der Waals surface area contributed by atoms with Crippen LogP contribution in [0.2, 0.25) is 0 Å². The van der Waals surface area contributed by atoms with Crippen LogP contribution in [-0.2, 0) is 18.1 Å². The standard InChI is InChI=1S/C18H12BrF3N4O/c19-9-15-23-24-16-10-25(27)17(11-4-2-1-3-5-11)13-8-12(18(20,21)22)6-7-14(13)26(15)16/h1-8H,9-10H2. The highest BCUT2D eigenvalue weighted by atomic mass is 79.9. The molecule has 0 N–H and O–H groups in total. The predicted molar refractivity (Wildman–Crippen MR) is 96.0 cm³/mol. The van der Waals surface area contributed by atoms with Crippen LogP contribution in [0.25, 0.3) is 5.69 Å². The maximum atomic E-state index is 13.3. The van der Waals surface area contributed by atoms with E-state index in [1.54, 1.807) is 34.9 Å². The van der Waals surface area contributed by atoms with E-state index in [2.05, 4.69) is 26.1 Å². The summed E-state index contributed by atoms with van der Waals surface area (Å²) in [4.78, 5) is 0. The molecular weight excluding hydrogens is 425 g/mol. The van der Waals surface area contributed by atoms with Gasteiger partial charge in [0.2, 0.25) is 18.1 Å². The lowest BCUT2D eigenvalue weighted by molar-refractivity contribution is -0.475. The molecule has 0 bridgehead atoms. The number of alkyl halides is 4. The molecule has 27 heavy (non-hydrogen) atoms. The minimum atomic E-state index is -4.52. The third-order valence-electron chi connectivity index (χ3n) is 4.32. The Kier molecular flexibility index (Phi) is 4.26. The van der Waals surface area contributed by atoms with Gasteiger partial charge in [0.05, 0.1) is 22.1 Å². The summed E-state index contributed by atoms with van der Waals surface area (Å²) in [5, 5.41) is 21.3. The van der Waals surface area contributed by atoms with Gasteiger partial charge in [0, 0.05) is 5.56 Å². The molecule has 4 rings (SSSR count). The highest BCUT2D eigenvalue weighted by Crippen LogP contribution is 2.34. The smallest absolute Gasteiger partial charge is 0.416 e. The second-order valence-electron chi connectivity index (χ2n) is 5.98. The Morgan fingerprint density at radius 1 is 1.11 bits per heavy atom. The molecule has 0 aliphatic carbocycles. The summed E-state index contributed by atoms with van der Waals surface area (Å²) in [5.74, 6) is 0.875. The Hall–Kier alpha value is -2.68. The molecule has 0 spiro atoms. The maximum absolute atomic E-state index is 13.3. The van der Waals surface area contributed by atoms with Crippen LogP contribution in [0.5, 0.6) is 0 Å². The Morgan fingerprint density at radius 3 is 2.52 bits per heavy atom. The number of hydrogen-bond acceptors (Lipinski definition) is 3. The SMILES string of the molecule is [O-][N+]1=C(c2ccccc2)c2cc(C(F)(F)F)ccc2-n2c(CBr)nnc2C1. The summed E-state index contributed by atoms with van der Waals surface area (Å²) < 4.78 is 42.3. The second-order valence-corrected chi connectivity index (χ2v) is 6.54. The van der Waals surface area contributed by atoms with Crippen LogP contribution in [0.4, 0.5) is 13.2 Å². The molecular formula is C18H12BrF3N4O. The second kappa shape index (κ2) is 6.49. The van der Waals surface area contributed by atoms with Crippen molar-refractivity contribution >= 4 is 21.6 Å². The van der Waals surface area contributed by atoms with Crippen molar-refractivity contribution in [3.63, 3.8) is 0 Å². The Balaban J connectivity index is 2.06. The maximum Gasteiger partial charge on any atom is 0.416 e. The van der Waals surface area contributed by atoms with Crippen LogP contribution in [0.15, 0.2) is 48.5 Å². The van der Waals surface area contributed by atoms with Crippen LogP contribution >= 0.6 is 15.9 Å². The Labute approximate surface area is 160 Å². The van der Waals surface area contributed by atoms with Crippen molar-refractivity contribution in [2.24, 2.45) is 0 Å². The lowest BCUT2D eigenvalue weighted by Crippen LogP contribution is -2.18. The summed E-state index contributed by atoms with van der Waals surface area (Å²) in [6, 6.07) is 12.0. The Morgan fingerprint density at radius 2 is 1.85 bits per heavy atom. The zero-order chi connectivity index (χ0) is 19.2. The van der Waals surface area contributed by atoms with Crippen LogP contribution in [-0.4, -0.2) is 25.2 Å². The van der Waals surface area contributed by atoms with Crippen molar-refractivity contribution in [1.82, 2.24) is 14.8 Å². The predicted octanol–water partition coefficient (Wildman–Crippen LogP) is 4.04. The molecule has 0 saturated carbocycles. The summed E-state index contributed by atoms with van der Waals surface area (Å²) >= 11 is 3.31. The number of hydrogen-bond donors (Lipinski definition) is 0. The first-order valence-corrected chi connectivity index (χ1v) is 9.10. The highest BCUT2D eigenvalue weighted by molar-refractivity contribution is 9.08. The topological polar surface area (TPSA) is 56.8 Å². The van der Waals surface area contributed by atoms with Crippen molar-refractivity contribution in [3.8, 4) is 5.69 Å². The fraction of sp³-hybridized carbons (Fsp3) is 0.167. The van der Waals surface area contributed by atoms with Gasteiger partial charge < -0.3 is 5.21 Å². The zero-order valence-corrected chi connectivity index (χ0v) is 15.3. The first-order valence-electron chi connectivity index (χ1n) is 7.98. The van der Waals surface area contributed by atoms with E-state index in [1.807, 2.05) is 0 Å². The highest BCUT2D eigenvalue weighted by Gasteiger charge is 2.35. The van der Waals surface area contributed by atoms with Crippen LogP contribution in [0.1, 0.15) is 28.3 Å². The molecule has 138 valence electrons. The fourth-order valence-corrected chi connectivity index (χ4v) is 3.52.